The van der Waals surface area contributed by atoms with Gasteiger partial charge in [0.25, 0.3) is 0 Å². The van der Waals surface area contributed by atoms with E-state index < -0.39 is 0 Å². The van der Waals surface area contributed by atoms with Gasteiger partial charge in [-0.05, 0) is 6.42 Å². The van der Waals surface area contributed by atoms with Crippen LogP contribution in [0.5, 0.6) is 0 Å². The van der Waals surface area contributed by atoms with E-state index >= 15 is 0 Å². The van der Waals surface area contributed by atoms with E-state index in [0.29, 0.717) is 0 Å². The fourth-order valence-corrected chi connectivity index (χ4v) is 1.79. The van der Waals surface area contributed by atoms with Crippen molar-refractivity contribution in [2.24, 2.45) is 9.98 Å². The van der Waals surface area contributed by atoms with Crippen LogP contribution in [0.25, 0.3) is 0 Å². The zero-order chi connectivity index (χ0) is 17.7. The van der Waals surface area contributed by atoms with Crippen molar-refractivity contribution in [2.45, 2.75) is 6.42 Å². The molecule has 0 bridgehead atoms. The molecule has 0 N–H and O–H groups in total. The summed E-state index contributed by atoms with van der Waals surface area (Å²) in [5.74, 6) is 1.98. The van der Waals surface area contributed by atoms with Crippen LogP contribution < -0.4 is 0 Å². The van der Waals surface area contributed by atoms with E-state index in [2.05, 4.69) is 9.98 Å². The van der Waals surface area contributed by atoms with Crippen LogP contribution in [0.15, 0.2) is 9.98 Å². The van der Waals surface area contributed by atoms with E-state index in [1.54, 1.807) is 0 Å². The van der Waals surface area contributed by atoms with Gasteiger partial charge >= 0.3 is 33.3 Å². The molecular formula is C13H30Cl2FeN6. The van der Waals surface area contributed by atoms with Crippen molar-refractivity contribution >= 4 is 32.1 Å². The normalized spacial score (nSPS) is 9.36. The van der Waals surface area contributed by atoms with E-state index in [0.717, 1.165) is 31.4 Å². The summed E-state index contributed by atoms with van der Waals surface area (Å²) in [5, 5.41) is 0. The fraction of sp³-hybridized carbons (Fsp3) is 0.846. The summed E-state index contributed by atoms with van der Waals surface area (Å²) in [5.41, 5.74) is 0. The van der Waals surface area contributed by atoms with Crippen molar-refractivity contribution in [3.8, 4) is 0 Å². The Hall–Kier alpha value is -0.361. The Kier molecular flexibility index (Phi) is 15.5. The summed E-state index contributed by atoms with van der Waals surface area (Å²) in [4.78, 5) is 17.3. The standard InChI is InChI=1S/C13H30N6.2ClH.Fe/c1-16(2)12(17(3)4)14-10-9-11-15-13(18(5)6)19(7)8;;;/h9-11H2,1-8H3;2*1H;/q;;;+2/p-2. The Morgan fingerprint density at radius 2 is 0.909 bits per heavy atom. The van der Waals surface area contributed by atoms with Gasteiger partial charge in [0, 0.05) is 69.5 Å². The van der Waals surface area contributed by atoms with Crippen LogP contribution in [0, 0.1) is 0 Å². The molecule has 0 aliphatic carbocycles. The van der Waals surface area contributed by atoms with Gasteiger partial charge in [0.05, 0.1) is 0 Å². The maximum atomic E-state index is 4.76. The Labute approximate surface area is 150 Å². The van der Waals surface area contributed by atoms with Gasteiger partial charge in [0.2, 0.25) is 0 Å². The average molecular weight is 397 g/mol. The van der Waals surface area contributed by atoms with Crippen LogP contribution in [0.3, 0.4) is 0 Å². The average Bonchev–Trinajstić information content (AvgIpc) is 2.36. The van der Waals surface area contributed by atoms with Gasteiger partial charge in [-0.15, -0.1) is 0 Å². The van der Waals surface area contributed by atoms with Crippen LogP contribution in [0.4, 0.5) is 0 Å². The van der Waals surface area contributed by atoms with E-state index in [1.165, 1.54) is 0 Å². The predicted octanol–water partition coefficient (Wildman–Crippen LogP) is 1.71. The van der Waals surface area contributed by atoms with Gasteiger partial charge in [0.1, 0.15) is 0 Å². The molecule has 0 aromatic carbocycles. The Bertz CT molecular complexity index is 282. The van der Waals surface area contributed by atoms with Crippen molar-refractivity contribution in [1.82, 2.24) is 19.6 Å². The quantitative estimate of drug-likeness (QED) is 0.314. The monoisotopic (exact) mass is 396 g/mol. The summed E-state index contributed by atoms with van der Waals surface area (Å²) in [6.07, 6.45) is 0.955. The third kappa shape index (κ3) is 12.2. The molecule has 134 valence electrons. The summed E-state index contributed by atoms with van der Waals surface area (Å²) >= 11 is 0.194. The van der Waals surface area contributed by atoms with Crippen molar-refractivity contribution in [3.63, 3.8) is 0 Å². The molecule has 0 radical (unpaired) electrons. The van der Waals surface area contributed by atoms with Crippen LogP contribution in [-0.4, -0.2) is 101 Å². The Balaban J connectivity index is 0. The number of rotatable bonds is 4. The molecular weight excluding hydrogens is 367 g/mol. The van der Waals surface area contributed by atoms with Gasteiger partial charge in [-0.1, -0.05) is 0 Å². The molecule has 0 atom stereocenters. The van der Waals surface area contributed by atoms with Gasteiger partial charge in [-0.3, -0.25) is 9.98 Å². The molecule has 0 saturated heterocycles. The van der Waals surface area contributed by atoms with Crippen molar-refractivity contribution in [3.05, 3.63) is 0 Å². The van der Waals surface area contributed by atoms with Gasteiger partial charge in [0.15, 0.2) is 11.9 Å². The van der Waals surface area contributed by atoms with Gasteiger partial charge in [-0.2, -0.15) is 0 Å². The minimum absolute atomic E-state index is 0.194. The fourth-order valence-electron chi connectivity index (χ4n) is 1.79. The SMILES string of the molecule is CN(C)C(=NCCCN=C(N(C)C)N(C)C)N(C)C.[Cl][Fe][Cl]. The number of halogens is 2. The number of hydrogen-bond acceptors (Lipinski definition) is 2. The molecule has 0 aromatic heterocycles. The summed E-state index contributed by atoms with van der Waals surface area (Å²) in [6.45, 7) is 1.59. The molecule has 0 aliphatic rings. The molecule has 0 aromatic rings. The number of hydrogen-bond donors (Lipinski definition) is 0. The maximum absolute atomic E-state index is 4.76. The first kappa shape index (κ1) is 23.9. The van der Waals surface area contributed by atoms with E-state index in [4.69, 9.17) is 20.2 Å². The zero-order valence-corrected chi connectivity index (χ0v) is 17.5. The van der Waals surface area contributed by atoms with Gasteiger partial charge < -0.3 is 19.6 Å². The van der Waals surface area contributed by atoms with E-state index in [1.807, 2.05) is 76.0 Å². The molecule has 0 unspecified atom stereocenters. The van der Waals surface area contributed by atoms with Crippen molar-refractivity contribution < 1.29 is 13.1 Å². The molecule has 0 spiro atoms. The first-order valence-electron chi connectivity index (χ1n) is 6.82. The van der Waals surface area contributed by atoms with Gasteiger partial charge in [-0.25, -0.2) is 0 Å². The zero-order valence-electron chi connectivity index (χ0n) is 14.9. The molecule has 0 aliphatic heterocycles. The van der Waals surface area contributed by atoms with Crippen molar-refractivity contribution in [1.29, 1.82) is 0 Å². The second-order valence-electron chi connectivity index (χ2n) is 5.35. The van der Waals surface area contributed by atoms with Crippen molar-refractivity contribution in [2.75, 3.05) is 69.5 Å². The van der Waals surface area contributed by atoms with Crippen LogP contribution in [-0.2, 0) is 13.1 Å². The molecule has 0 saturated carbocycles. The number of aliphatic imine (C=N–C) groups is 2. The molecule has 9 heteroatoms. The summed E-state index contributed by atoms with van der Waals surface area (Å²) in [7, 11) is 25.6. The second-order valence-corrected chi connectivity index (χ2v) is 7.17. The molecule has 0 amide bonds. The van der Waals surface area contributed by atoms with Crippen LogP contribution in [0.2, 0.25) is 0 Å². The minimum atomic E-state index is 0.194. The molecule has 22 heavy (non-hydrogen) atoms. The van der Waals surface area contributed by atoms with Crippen LogP contribution in [0.1, 0.15) is 6.42 Å². The first-order valence-corrected chi connectivity index (χ1v) is 9.86. The Morgan fingerprint density at radius 3 is 1.09 bits per heavy atom. The molecule has 0 fully saturated rings. The summed E-state index contributed by atoms with van der Waals surface area (Å²) in [6, 6.07) is 0. The summed E-state index contributed by atoms with van der Waals surface area (Å²) < 4.78 is 0. The van der Waals surface area contributed by atoms with Crippen LogP contribution >= 0.6 is 20.2 Å². The molecule has 0 heterocycles. The number of guanidine groups is 2. The second kappa shape index (κ2) is 14.2. The third-order valence-corrected chi connectivity index (χ3v) is 2.42. The molecule has 0 rings (SSSR count). The predicted molar refractivity (Wildman–Crippen MR) is 95.7 cm³/mol. The van der Waals surface area contributed by atoms with E-state index in [-0.39, 0.29) is 13.1 Å². The number of nitrogens with zero attached hydrogens (tertiary/aromatic N) is 6. The topological polar surface area (TPSA) is 37.7 Å². The third-order valence-electron chi connectivity index (χ3n) is 2.42. The molecule has 6 nitrogen and oxygen atoms in total. The van der Waals surface area contributed by atoms with E-state index in [9.17, 15) is 0 Å². The Morgan fingerprint density at radius 1 is 0.682 bits per heavy atom. The first-order chi connectivity index (χ1) is 10.2.